The fourth-order valence-corrected chi connectivity index (χ4v) is 7.10. The Kier molecular flexibility index (Phi) is 6.38. The van der Waals surface area contributed by atoms with Crippen LogP contribution in [0.2, 0.25) is 0 Å². The average molecular weight is 559 g/mol. The minimum absolute atomic E-state index is 0.915. The zero-order chi connectivity index (χ0) is 26.0. The van der Waals surface area contributed by atoms with E-state index in [1.807, 2.05) is 65.2 Å². The second-order valence-corrected chi connectivity index (χ2v) is 11.8. The van der Waals surface area contributed by atoms with E-state index in [4.69, 9.17) is 0 Å². The summed E-state index contributed by atoms with van der Waals surface area (Å²) in [5, 5.41) is 6.43. The largest absolute Gasteiger partial charge is 0.355 e. The first kappa shape index (κ1) is 23.8. The molecule has 2 N–H and O–H groups in total. The van der Waals surface area contributed by atoms with E-state index in [1.54, 1.807) is 11.3 Å². The fourth-order valence-electron chi connectivity index (χ4n) is 4.48. The molecule has 2 aliphatic heterocycles. The fraction of sp³-hybridized carbons (Fsp3) is 0. The van der Waals surface area contributed by atoms with Gasteiger partial charge in [-0.3, -0.25) is 0 Å². The molecule has 7 heteroatoms. The van der Waals surface area contributed by atoms with Gasteiger partial charge >= 0.3 is 0 Å². The molecule has 8 heterocycles. The summed E-state index contributed by atoms with van der Waals surface area (Å²) in [4.78, 5) is 20.1. The predicted octanol–water partition coefficient (Wildman–Crippen LogP) is 9.86. The van der Waals surface area contributed by atoms with Gasteiger partial charge in [-0.25, -0.2) is 9.97 Å². The van der Waals surface area contributed by atoms with Gasteiger partial charge in [-0.05, 0) is 107 Å². The maximum absolute atomic E-state index is 4.62. The maximum Gasteiger partial charge on any atom is 0.0659 e. The number of rotatable bonds is 2. The molecule has 0 aromatic carbocycles. The number of aromatic nitrogens is 4. The van der Waals surface area contributed by atoms with Gasteiger partial charge in [-0.2, -0.15) is 0 Å². The van der Waals surface area contributed by atoms with E-state index >= 15 is 0 Å². The van der Waals surface area contributed by atoms with Crippen LogP contribution in [0.15, 0.2) is 95.0 Å². The van der Waals surface area contributed by atoms with Crippen molar-refractivity contribution in [1.29, 1.82) is 0 Å². The number of thiophene rings is 3. The Balaban J connectivity index is 0.000000145. The predicted molar refractivity (Wildman–Crippen MR) is 170 cm³/mol. The molecule has 0 unspecified atom stereocenters. The Hall–Kier alpha value is -4.30. The van der Waals surface area contributed by atoms with E-state index in [0.717, 1.165) is 44.8 Å². The van der Waals surface area contributed by atoms with E-state index in [-0.39, 0.29) is 0 Å². The van der Waals surface area contributed by atoms with Crippen molar-refractivity contribution in [3.63, 3.8) is 0 Å². The van der Waals surface area contributed by atoms with Crippen LogP contribution in [0.3, 0.4) is 0 Å². The Labute approximate surface area is 237 Å². The maximum atomic E-state index is 4.62. The zero-order valence-corrected chi connectivity index (χ0v) is 23.1. The molecule has 188 valence electrons. The molecule has 8 bridgehead atoms. The summed E-state index contributed by atoms with van der Waals surface area (Å²) in [7, 11) is 0. The van der Waals surface area contributed by atoms with Crippen molar-refractivity contribution < 1.29 is 0 Å². The van der Waals surface area contributed by atoms with Crippen molar-refractivity contribution in [2.45, 2.75) is 0 Å². The van der Waals surface area contributed by atoms with E-state index in [0.29, 0.717) is 0 Å². The highest BCUT2D eigenvalue weighted by Gasteiger charge is 2.10. The zero-order valence-electron chi connectivity index (χ0n) is 20.7. The molecule has 0 saturated heterocycles. The van der Waals surface area contributed by atoms with Gasteiger partial charge in [0.2, 0.25) is 0 Å². The van der Waals surface area contributed by atoms with Gasteiger partial charge in [0, 0.05) is 37.4 Å². The SMILES string of the molecule is C1=Cc2cc3ccc(cc4ccc(cc5nc(cc1n2)C=C5)[nH]4)[nH]3.c1csc(-c2ccsc2-c2cccs2)c1. The van der Waals surface area contributed by atoms with Gasteiger partial charge in [0.05, 0.1) is 27.7 Å². The van der Waals surface area contributed by atoms with Gasteiger partial charge in [0.1, 0.15) is 0 Å². The molecule has 0 saturated carbocycles. The van der Waals surface area contributed by atoms with Crippen molar-refractivity contribution in [2.24, 2.45) is 0 Å². The molecule has 0 aliphatic carbocycles. The van der Waals surface area contributed by atoms with Crippen LogP contribution in [0.1, 0.15) is 22.8 Å². The van der Waals surface area contributed by atoms with E-state index < -0.39 is 0 Å². The summed E-state index contributed by atoms with van der Waals surface area (Å²) in [5.74, 6) is 0. The van der Waals surface area contributed by atoms with Gasteiger partial charge in [-0.15, -0.1) is 34.0 Å². The number of hydrogen-bond donors (Lipinski definition) is 2. The van der Waals surface area contributed by atoms with Crippen molar-refractivity contribution in [2.75, 3.05) is 0 Å². The van der Waals surface area contributed by atoms with Crippen LogP contribution in [0.4, 0.5) is 0 Å². The van der Waals surface area contributed by atoms with E-state index in [9.17, 15) is 0 Å². The first-order chi connectivity index (χ1) is 19.2. The third kappa shape index (κ3) is 5.33. The molecule has 2 aliphatic rings. The summed E-state index contributed by atoms with van der Waals surface area (Å²) in [6.45, 7) is 0. The van der Waals surface area contributed by atoms with Crippen LogP contribution >= 0.6 is 34.0 Å². The smallest absolute Gasteiger partial charge is 0.0659 e. The van der Waals surface area contributed by atoms with Gasteiger partial charge in [-0.1, -0.05) is 12.1 Å². The highest BCUT2D eigenvalue weighted by molar-refractivity contribution is 7.21. The van der Waals surface area contributed by atoms with Gasteiger partial charge < -0.3 is 9.97 Å². The van der Waals surface area contributed by atoms with Crippen LogP contribution < -0.4 is 0 Å². The van der Waals surface area contributed by atoms with Crippen LogP contribution in [0, 0.1) is 0 Å². The molecule has 6 aromatic heterocycles. The third-order valence-corrected chi connectivity index (χ3v) is 9.11. The molecule has 0 fully saturated rings. The first-order valence-corrected chi connectivity index (χ1v) is 15.1. The molecule has 0 spiro atoms. The molecular formula is C32H22N4S3. The van der Waals surface area contributed by atoms with Crippen molar-refractivity contribution >= 4 is 80.4 Å². The van der Waals surface area contributed by atoms with Crippen molar-refractivity contribution in [3.05, 3.63) is 118 Å². The van der Waals surface area contributed by atoms with E-state index in [2.05, 4.69) is 96.7 Å². The highest BCUT2D eigenvalue weighted by Crippen LogP contribution is 2.40. The molecule has 0 atom stereocenters. The molecular weight excluding hydrogens is 537 g/mol. The monoisotopic (exact) mass is 558 g/mol. The normalized spacial score (nSPS) is 11.9. The number of nitrogens with one attached hydrogen (secondary N) is 2. The summed E-state index contributed by atoms with van der Waals surface area (Å²) in [6.07, 6.45) is 8.05. The topological polar surface area (TPSA) is 57.4 Å². The summed E-state index contributed by atoms with van der Waals surface area (Å²) >= 11 is 5.43. The quantitative estimate of drug-likeness (QED) is 0.222. The summed E-state index contributed by atoms with van der Waals surface area (Å²) < 4.78 is 0. The average Bonchev–Trinajstić information content (AvgIpc) is 3.77. The third-order valence-electron chi connectivity index (χ3n) is 6.24. The number of H-pyrrole nitrogens is 2. The van der Waals surface area contributed by atoms with Crippen LogP contribution in [-0.4, -0.2) is 19.9 Å². The van der Waals surface area contributed by atoms with Gasteiger partial charge in [0.25, 0.3) is 0 Å². The number of nitrogens with zero attached hydrogens (tertiary/aromatic N) is 2. The minimum Gasteiger partial charge on any atom is -0.355 e. The lowest BCUT2D eigenvalue weighted by atomic mass is 10.2. The summed E-state index contributed by atoms with van der Waals surface area (Å²) in [5.41, 5.74) is 9.23. The van der Waals surface area contributed by atoms with Crippen LogP contribution in [0.25, 0.3) is 66.6 Å². The Morgan fingerprint density at radius 2 is 0.974 bits per heavy atom. The molecule has 0 amide bonds. The van der Waals surface area contributed by atoms with Crippen molar-refractivity contribution in [3.8, 4) is 20.2 Å². The van der Waals surface area contributed by atoms with Gasteiger partial charge in [0.15, 0.2) is 0 Å². The standard InChI is InChI=1S/C20H14N4.C12H8S3/c1-2-14-10-16-5-6-18(23-16)12-20-8-7-19(24-20)11-17-4-3-15(22-17)9-13(1)21-14;1-3-10(13-6-1)9-5-8-15-12(9)11-4-2-7-14-11/h1-12,21-22H;1-8H. The first-order valence-electron chi connectivity index (χ1n) is 12.4. The second-order valence-electron chi connectivity index (χ2n) is 9.02. The van der Waals surface area contributed by atoms with Crippen LogP contribution in [-0.2, 0) is 0 Å². The molecule has 39 heavy (non-hydrogen) atoms. The van der Waals surface area contributed by atoms with E-state index in [1.165, 1.54) is 20.2 Å². The molecule has 4 nitrogen and oxygen atoms in total. The number of fused-ring (bicyclic) bond motifs is 8. The Morgan fingerprint density at radius 3 is 1.51 bits per heavy atom. The lowest BCUT2D eigenvalue weighted by molar-refractivity contribution is 1.28. The van der Waals surface area contributed by atoms with Crippen molar-refractivity contribution in [1.82, 2.24) is 19.9 Å². The molecule has 6 aromatic rings. The second kappa shape index (κ2) is 10.5. The highest BCUT2D eigenvalue weighted by atomic mass is 32.1. The molecule has 8 rings (SSSR count). The lowest BCUT2D eigenvalue weighted by Gasteiger charge is -1.97. The molecule has 0 radical (unpaired) electrons. The minimum atomic E-state index is 0.915. The lowest BCUT2D eigenvalue weighted by Crippen LogP contribution is -1.77. The number of aromatic amines is 2. The summed E-state index contributed by atoms with van der Waals surface area (Å²) in [6, 6.07) is 27.2. The Morgan fingerprint density at radius 1 is 0.462 bits per heavy atom. The Bertz CT molecular complexity index is 1830. The number of hydrogen-bond acceptors (Lipinski definition) is 5. The van der Waals surface area contributed by atoms with Crippen LogP contribution in [0.5, 0.6) is 0 Å².